The monoisotopic (exact) mass is 406 g/mol. The van der Waals surface area contributed by atoms with Gasteiger partial charge in [-0.2, -0.15) is 26.3 Å². The Labute approximate surface area is 155 Å². The molecule has 2 atom stereocenters. The lowest BCUT2D eigenvalue weighted by molar-refractivity contribution is -0.141. The normalized spacial score (nSPS) is 25.9. The number of nitrogens with zero attached hydrogens (tertiary/aromatic N) is 3. The Balaban J connectivity index is 1.52. The van der Waals surface area contributed by atoms with Crippen molar-refractivity contribution in [1.82, 2.24) is 20.2 Å². The van der Waals surface area contributed by atoms with Gasteiger partial charge in [0.25, 0.3) is 5.88 Å². The Hall–Kier alpha value is -2.30. The van der Waals surface area contributed by atoms with Crippen LogP contribution in [0.25, 0.3) is 0 Å². The van der Waals surface area contributed by atoms with Gasteiger partial charge in [0.05, 0.1) is 5.56 Å². The third-order valence-corrected chi connectivity index (χ3v) is 5.37. The molecule has 2 bridgehead atoms. The predicted octanol–water partition coefficient (Wildman–Crippen LogP) is 4.19. The van der Waals surface area contributed by atoms with Crippen molar-refractivity contribution in [2.75, 3.05) is 13.1 Å². The molecule has 0 aromatic carbocycles. The molecular formula is C17H16F6N4O. The molecule has 4 rings (SSSR count). The highest BCUT2D eigenvalue weighted by molar-refractivity contribution is 5.26. The van der Waals surface area contributed by atoms with Gasteiger partial charge in [0.15, 0.2) is 0 Å². The van der Waals surface area contributed by atoms with Gasteiger partial charge >= 0.3 is 12.4 Å². The summed E-state index contributed by atoms with van der Waals surface area (Å²) in [6.45, 7) is 0.826. The molecule has 2 fully saturated rings. The molecule has 0 spiro atoms. The molecule has 1 N–H and O–H groups in total. The number of H-pyrrole nitrogens is 1. The van der Waals surface area contributed by atoms with Crippen LogP contribution in [-0.4, -0.2) is 33.3 Å². The van der Waals surface area contributed by atoms with Crippen LogP contribution in [-0.2, 0) is 17.8 Å². The van der Waals surface area contributed by atoms with Crippen LogP contribution < -0.4 is 4.84 Å². The third-order valence-electron chi connectivity index (χ3n) is 5.37. The lowest BCUT2D eigenvalue weighted by atomic mass is 9.79. The Bertz CT molecular complexity index is 847. The number of hydrogen-bond donors (Lipinski definition) is 1. The van der Waals surface area contributed by atoms with E-state index in [1.54, 1.807) is 0 Å². The Morgan fingerprint density at radius 1 is 1.14 bits per heavy atom. The van der Waals surface area contributed by atoms with Gasteiger partial charge in [-0.05, 0) is 37.3 Å². The number of alkyl halides is 6. The van der Waals surface area contributed by atoms with Gasteiger partial charge in [0.2, 0.25) is 0 Å². The lowest BCUT2D eigenvalue weighted by Gasteiger charge is -2.38. The number of halogens is 6. The van der Waals surface area contributed by atoms with E-state index in [4.69, 9.17) is 4.84 Å². The van der Waals surface area contributed by atoms with Crippen molar-refractivity contribution in [3.05, 3.63) is 41.3 Å². The van der Waals surface area contributed by atoms with Gasteiger partial charge in [-0.25, -0.2) is 0 Å². The summed E-state index contributed by atoms with van der Waals surface area (Å²) < 4.78 is 76.4. The molecule has 0 amide bonds. The summed E-state index contributed by atoms with van der Waals surface area (Å²) >= 11 is 0. The topological polar surface area (TPSA) is 54.0 Å². The molecule has 2 unspecified atom stereocenters. The van der Waals surface area contributed by atoms with E-state index in [0.29, 0.717) is 18.8 Å². The first-order valence-corrected chi connectivity index (χ1v) is 8.64. The van der Waals surface area contributed by atoms with Crippen molar-refractivity contribution in [2.24, 2.45) is 5.92 Å². The molecule has 1 saturated carbocycles. The minimum absolute atomic E-state index is 0.204. The maximum absolute atomic E-state index is 12.8. The number of pyridine rings is 1. The van der Waals surface area contributed by atoms with E-state index in [9.17, 15) is 26.3 Å². The van der Waals surface area contributed by atoms with Crippen molar-refractivity contribution in [3.63, 3.8) is 0 Å². The van der Waals surface area contributed by atoms with Gasteiger partial charge in [-0.15, -0.1) is 10.2 Å². The van der Waals surface area contributed by atoms with Crippen molar-refractivity contribution >= 4 is 0 Å². The Morgan fingerprint density at radius 3 is 2.54 bits per heavy atom. The van der Waals surface area contributed by atoms with E-state index in [0.717, 1.165) is 37.6 Å². The van der Waals surface area contributed by atoms with Crippen molar-refractivity contribution < 1.29 is 31.2 Å². The summed E-state index contributed by atoms with van der Waals surface area (Å²) in [7, 11) is 0. The van der Waals surface area contributed by atoms with Gasteiger partial charge in [0, 0.05) is 36.5 Å². The van der Waals surface area contributed by atoms with Crippen molar-refractivity contribution in [2.45, 2.75) is 37.0 Å². The van der Waals surface area contributed by atoms with E-state index >= 15 is 0 Å². The molecule has 3 heterocycles. The first-order chi connectivity index (χ1) is 13.1. The predicted molar refractivity (Wildman–Crippen MR) is 84.0 cm³/mol. The maximum Gasteiger partial charge on any atom is 0.432 e. The van der Waals surface area contributed by atoms with E-state index in [1.807, 2.05) is 5.10 Å². The third kappa shape index (κ3) is 3.54. The maximum atomic E-state index is 12.8. The zero-order valence-electron chi connectivity index (χ0n) is 14.4. The smallest absolute Gasteiger partial charge is 0.384 e. The second-order valence-electron chi connectivity index (χ2n) is 7.35. The molecule has 2 aromatic heterocycles. The molecule has 0 radical (unpaired) electrons. The van der Waals surface area contributed by atoms with Gasteiger partial charge in [0.1, 0.15) is 5.69 Å². The highest BCUT2D eigenvalue weighted by Crippen LogP contribution is 2.48. The van der Waals surface area contributed by atoms with Crippen LogP contribution >= 0.6 is 0 Å². The molecule has 1 aliphatic carbocycles. The largest absolute Gasteiger partial charge is 0.432 e. The van der Waals surface area contributed by atoms with Crippen LogP contribution in [0.5, 0.6) is 5.88 Å². The van der Waals surface area contributed by atoms with E-state index in [1.165, 1.54) is 11.1 Å². The minimum Gasteiger partial charge on any atom is -0.384 e. The number of aromatic nitrogens is 3. The second-order valence-corrected chi connectivity index (χ2v) is 7.35. The van der Waals surface area contributed by atoms with Gasteiger partial charge in [-0.3, -0.25) is 10.1 Å². The average Bonchev–Trinajstić information content (AvgIpc) is 3.19. The average molecular weight is 406 g/mol. The van der Waals surface area contributed by atoms with Crippen LogP contribution in [0, 0.1) is 5.92 Å². The van der Waals surface area contributed by atoms with Gasteiger partial charge in [-0.1, -0.05) is 0 Å². The lowest BCUT2D eigenvalue weighted by Crippen LogP contribution is -2.47. The number of nitrogens with one attached hydrogen (secondary N) is 1. The van der Waals surface area contributed by atoms with Crippen molar-refractivity contribution in [1.29, 1.82) is 0 Å². The molecule has 2 aliphatic rings. The number of fused-ring (bicyclic) bond motifs is 2. The Morgan fingerprint density at radius 2 is 1.93 bits per heavy atom. The molecule has 2 aromatic rings. The molecule has 1 saturated heterocycles. The Kier molecular flexibility index (Phi) is 4.32. The molecule has 28 heavy (non-hydrogen) atoms. The minimum atomic E-state index is -4.55. The molecule has 11 heteroatoms. The number of piperidine rings is 1. The van der Waals surface area contributed by atoms with Crippen LogP contribution in [0.4, 0.5) is 26.3 Å². The van der Waals surface area contributed by atoms with Crippen LogP contribution in [0.2, 0.25) is 0 Å². The molecule has 1 aliphatic heterocycles. The first kappa shape index (κ1) is 19.0. The van der Waals surface area contributed by atoms with Crippen LogP contribution in [0.15, 0.2) is 24.4 Å². The summed E-state index contributed by atoms with van der Waals surface area (Å²) in [6, 6.07) is 3.16. The van der Waals surface area contributed by atoms with E-state index in [2.05, 4.69) is 10.1 Å². The molecule has 152 valence electrons. The number of rotatable bonds is 3. The van der Waals surface area contributed by atoms with Crippen LogP contribution in [0.1, 0.15) is 36.2 Å². The highest BCUT2D eigenvalue weighted by atomic mass is 19.4. The van der Waals surface area contributed by atoms with Gasteiger partial charge < -0.3 is 4.84 Å². The number of aromatic amines is 1. The highest BCUT2D eigenvalue weighted by Gasteiger charge is 2.48. The number of hydrogen-bond acceptors (Lipinski definition) is 4. The quantitative estimate of drug-likeness (QED) is 0.777. The summed E-state index contributed by atoms with van der Waals surface area (Å²) in [5, 5.41) is 6.95. The second kappa shape index (κ2) is 6.36. The van der Waals surface area contributed by atoms with Crippen LogP contribution in [0.3, 0.4) is 0 Å². The standard InChI is InChI=1S/C17H16F6N4O/c18-16(19,20)11-1-2-12(24-7-11)15-4-3-10(6-15)8-27(9-15)28-14-5-13(25-26-14)17(21,22)23/h1-2,5,7,10H,3-4,6,8-9H2,(H,25,26). The summed E-state index contributed by atoms with van der Waals surface area (Å²) in [5.41, 5.74) is -1.78. The fourth-order valence-corrected chi connectivity index (χ4v) is 4.11. The summed E-state index contributed by atoms with van der Waals surface area (Å²) in [4.78, 5) is 9.56. The molecule has 5 nitrogen and oxygen atoms in total. The summed E-state index contributed by atoms with van der Waals surface area (Å²) in [6.07, 6.45) is -5.87. The molecular weight excluding hydrogens is 390 g/mol. The SMILES string of the molecule is FC(F)(F)c1ccc(C23CCC(CN(Oc4cc(C(F)(F)F)[nH]n4)C2)C3)nc1. The first-order valence-electron chi connectivity index (χ1n) is 8.64. The zero-order valence-corrected chi connectivity index (χ0v) is 14.4. The van der Waals surface area contributed by atoms with E-state index < -0.39 is 29.0 Å². The summed E-state index contributed by atoms with van der Waals surface area (Å²) in [5.74, 6) is 0.0167. The van der Waals surface area contributed by atoms with Crippen molar-refractivity contribution in [3.8, 4) is 5.88 Å². The fraction of sp³-hybridized carbons (Fsp3) is 0.529. The van der Waals surface area contributed by atoms with E-state index in [-0.39, 0.29) is 11.8 Å². The number of hydroxylamine groups is 2. The zero-order chi connectivity index (χ0) is 20.2. The fourth-order valence-electron chi connectivity index (χ4n) is 4.11.